The summed E-state index contributed by atoms with van der Waals surface area (Å²) >= 11 is 0. The molecule has 0 saturated carbocycles. The molecule has 1 aliphatic rings. The molecule has 2 nitrogen and oxygen atoms in total. The summed E-state index contributed by atoms with van der Waals surface area (Å²) in [5.41, 5.74) is 3.74. The van der Waals surface area contributed by atoms with Gasteiger partial charge in [0.05, 0.1) is 0 Å². The number of rotatable bonds is 1. The van der Waals surface area contributed by atoms with Gasteiger partial charge in [0.2, 0.25) is 0 Å². The van der Waals surface area contributed by atoms with Gasteiger partial charge in [0.15, 0.2) is 0 Å². The van der Waals surface area contributed by atoms with Crippen LogP contribution in [0.4, 0.5) is 5.69 Å². The summed E-state index contributed by atoms with van der Waals surface area (Å²) in [5, 5.41) is 15.7. The van der Waals surface area contributed by atoms with Crippen molar-refractivity contribution in [3.63, 3.8) is 0 Å². The molecule has 17 heavy (non-hydrogen) atoms. The highest BCUT2D eigenvalue weighted by Crippen LogP contribution is 2.43. The zero-order valence-electron chi connectivity index (χ0n) is 10.2. The summed E-state index contributed by atoms with van der Waals surface area (Å²) < 4.78 is 0. The Labute approximate surface area is 101 Å². The molecule has 0 bridgehead atoms. The van der Waals surface area contributed by atoms with Gasteiger partial charge < -0.3 is 10.4 Å². The molecule has 2 aromatic carbocycles. The highest BCUT2D eigenvalue weighted by molar-refractivity contribution is 5.98. The number of phenolic OH excluding ortho intramolecular Hbond substituents is 1. The predicted octanol–water partition coefficient (Wildman–Crippen LogP) is 3.77. The molecule has 0 radical (unpaired) electrons. The second kappa shape index (κ2) is 3.66. The molecule has 88 valence electrons. The summed E-state index contributed by atoms with van der Waals surface area (Å²) in [5.74, 6) is 0.945. The van der Waals surface area contributed by atoms with Crippen LogP contribution in [0.15, 0.2) is 24.3 Å². The normalized spacial score (nSPS) is 18.1. The Hall–Kier alpha value is -1.70. The molecule has 0 spiro atoms. The lowest BCUT2D eigenvalue weighted by molar-refractivity contribution is 0.482. The van der Waals surface area contributed by atoms with Crippen LogP contribution in [0.3, 0.4) is 0 Å². The van der Waals surface area contributed by atoms with Crippen molar-refractivity contribution in [1.29, 1.82) is 0 Å². The second-order valence-electron chi connectivity index (χ2n) is 4.84. The summed E-state index contributed by atoms with van der Waals surface area (Å²) in [4.78, 5) is 0. The lowest BCUT2D eigenvalue weighted by Gasteiger charge is -2.13. The van der Waals surface area contributed by atoms with Crippen molar-refractivity contribution in [2.75, 3.05) is 11.9 Å². The van der Waals surface area contributed by atoms with Crippen LogP contribution in [-0.2, 0) is 0 Å². The van der Waals surface area contributed by atoms with Crippen molar-refractivity contribution in [3.8, 4) is 5.75 Å². The van der Waals surface area contributed by atoms with Crippen LogP contribution in [0.25, 0.3) is 10.8 Å². The molecule has 1 heterocycles. The minimum atomic E-state index is 0.381. The maximum absolute atomic E-state index is 10.1. The zero-order chi connectivity index (χ0) is 12.0. The highest BCUT2D eigenvalue weighted by atomic mass is 16.3. The van der Waals surface area contributed by atoms with Crippen molar-refractivity contribution in [1.82, 2.24) is 0 Å². The van der Waals surface area contributed by atoms with Crippen molar-refractivity contribution >= 4 is 16.5 Å². The van der Waals surface area contributed by atoms with E-state index in [0.29, 0.717) is 11.7 Å². The highest BCUT2D eigenvalue weighted by Gasteiger charge is 2.25. The van der Waals surface area contributed by atoms with Gasteiger partial charge in [-0.2, -0.15) is 0 Å². The van der Waals surface area contributed by atoms with Crippen LogP contribution in [-0.4, -0.2) is 11.7 Å². The van der Waals surface area contributed by atoms with Crippen LogP contribution in [0.1, 0.15) is 30.4 Å². The van der Waals surface area contributed by atoms with E-state index in [2.05, 4.69) is 25.2 Å². The molecule has 1 aliphatic heterocycles. The summed E-state index contributed by atoms with van der Waals surface area (Å²) in [7, 11) is 0. The van der Waals surface area contributed by atoms with Gasteiger partial charge in [-0.15, -0.1) is 0 Å². The lowest BCUT2D eigenvalue weighted by Crippen LogP contribution is -2.00. The van der Waals surface area contributed by atoms with Crippen LogP contribution >= 0.6 is 0 Å². The quantitative estimate of drug-likeness (QED) is 0.777. The first-order valence-electron chi connectivity index (χ1n) is 6.21. The van der Waals surface area contributed by atoms with E-state index in [-0.39, 0.29) is 0 Å². The number of anilines is 1. The maximum atomic E-state index is 10.1. The van der Waals surface area contributed by atoms with Gasteiger partial charge in [0.1, 0.15) is 5.75 Å². The van der Waals surface area contributed by atoms with Gasteiger partial charge in [0, 0.05) is 29.6 Å². The average molecular weight is 227 g/mol. The molecule has 2 aromatic rings. The fraction of sp³-hybridized carbons (Fsp3) is 0.333. The van der Waals surface area contributed by atoms with E-state index in [1.807, 2.05) is 18.2 Å². The maximum Gasteiger partial charge on any atom is 0.125 e. The largest absolute Gasteiger partial charge is 0.507 e. The van der Waals surface area contributed by atoms with E-state index in [1.165, 1.54) is 16.5 Å². The Bertz CT molecular complexity index is 589. The number of aromatic hydroxyl groups is 1. The molecule has 3 rings (SSSR count). The predicted molar refractivity (Wildman–Crippen MR) is 71.9 cm³/mol. The first kappa shape index (κ1) is 10.5. The summed E-state index contributed by atoms with van der Waals surface area (Å²) in [6, 6.07) is 8.00. The third kappa shape index (κ3) is 1.40. The molecule has 0 amide bonds. The molecule has 0 aromatic heterocycles. The molecule has 1 atom stereocenters. The number of nitrogens with one attached hydrogen (secondary N) is 1. The van der Waals surface area contributed by atoms with Crippen LogP contribution in [0.5, 0.6) is 5.75 Å². The minimum Gasteiger partial charge on any atom is -0.507 e. The van der Waals surface area contributed by atoms with Crippen molar-refractivity contribution in [3.05, 3.63) is 35.4 Å². The second-order valence-corrected chi connectivity index (χ2v) is 4.84. The van der Waals surface area contributed by atoms with E-state index < -0.39 is 0 Å². The monoisotopic (exact) mass is 227 g/mol. The number of fused-ring (bicyclic) bond motifs is 3. The Morgan fingerprint density at radius 1 is 1.41 bits per heavy atom. The van der Waals surface area contributed by atoms with E-state index in [4.69, 9.17) is 0 Å². The Morgan fingerprint density at radius 2 is 2.24 bits per heavy atom. The minimum absolute atomic E-state index is 0.381. The van der Waals surface area contributed by atoms with Crippen LogP contribution in [0.2, 0.25) is 0 Å². The zero-order valence-corrected chi connectivity index (χ0v) is 10.2. The Morgan fingerprint density at radius 3 is 3.00 bits per heavy atom. The number of hydrogen-bond acceptors (Lipinski definition) is 2. The molecule has 0 unspecified atom stereocenters. The fourth-order valence-corrected chi connectivity index (χ4v) is 2.92. The SMILES string of the molecule is CC[C@@H]1CNc2cc(O)c3cccc(C)c3c21. The molecule has 0 saturated heterocycles. The van der Waals surface area contributed by atoms with Crippen molar-refractivity contribution in [2.24, 2.45) is 0 Å². The average Bonchev–Trinajstić information content (AvgIpc) is 2.72. The number of phenols is 1. The lowest BCUT2D eigenvalue weighted by atomic mass is 9.90. The van der Waals surface area contributed by atoms with E-state index in [1.54, 1.807) is 0 Å². The molecule has 0 fully saturated rings. The fourth-order valence-electron chi connectivity index (χ4n) is 2.92. The first-order valence-corrected chi connectivity index (χ1v) is 6.21. The van der Waals surface area contributed by atoms with E-state index >= 15 is 0 Å². The molecular weight excluding hydrogens is 210 g/mol. The van der Waals surface area contributed by atoms with Gasteiger partial charge in [-0.3, -0.25) is 0 Å². The van der Waals surface area contributed by atoms with Gasteiger partial charge in [-0.25, -0.2) is 0 Å². The third-order valence-electron chi connectivity index (χ3n) is 3.83. The number of benzene rings is 2. The summed E-state index contributed by atoms with van der Waals surface area (Å²) in [6.45, 7) is 5.32. The van der Waals surface area contributed by atoms with Gasteiger partial charge in [-0.1, -0.05) is 25.1 Å². The topological polar surface area (TPSA) is 32.3 Å². The smallest absolute Gasteiger partial charge is 0.125 e. The van der Waals surface area contributed by atoms with Crippen molar-refractivity contribution < 1.29 is 5.11 Å². The first-order chi connectivity index (χ1) is 8.22. The third-order valence-corrected chi connectivity index (χ3v) is 3.83. The molecule has 0 aliphatic carbocycles. The number of aryl methyl sites for hydroxylation is 1. The van der Waals surface area contributed by atoms with Crippen LogP contribution in [0, 0.1) is 6.92 Å². The standard InChI is InChI=1S/C15H17NO/c1-3-10-8-16-12-7-13(17)11-6-4-5-9(2)14(11)15(10)12/h4-7,10,16-17H,3,8H2,1-2H3/t10-/m1/s1. The van der Waals surface area contributed by atoms with Crippen molar-refractivity contribution in [2.45, 2.75) is 26.2 Å². The molecule has 2 heteroatoms. The molecule has 2 N–H and O–H groups in total. The number of hydrogen-bond donors (Lipinski definition) is 2. The Balaban J connectivity index is 2.43. The Kier molecular flexibility index (Phi) is 2.25. The van der Waals surface area contributed by atoms with Gasteiger partial charge >= 0.3 is 0 Å². The van der Waals surface area contributed by atoms with Crippen LogP contribution < -0.4 is 5.32 Å². The van der Waals surface area contributed by atoms with E-state index in [0.717, 1.165) is 24.0 Å². The van der Waals surface area contributed by atoms with E-state index in [9.17, 15) is 5.11 Å². The molecular formula is C15H17NO. The summed E-state index contributed by atoms with van der Waals surface area (Å²) in [6.07, 6.45) is 1.13. The van der Waals surface area contributed by atoms with Gasteiger partial charge in [-0.05, 0) is 29.9 Å². The van der Waals surface area contributed by atoms with Gasteiger partial charge in [0.25, 0.3) is 0 Å².